The van der Waals surface area contributed by atoms with Crippen molar-refractivity contribution in [1.82, 2.24) is 24.8 Å². The van der Waals surface area contributed by atoms with Gasteiger partial charge < -0.3 is 15.2 Å². The van der Waals surface area contributed by atoms with Crippen LogP contribution in [-0.4, -0.2) is 39.1 Å². The lowest BCUT2D eigenvalue weighted by Gasteiger charge is -2.08. The molecular weight excluding hydrogens is 369 g/mol. The summed E-state index contributed by atoms with van der Waals surface area (Å²) in [5.74, 6) is -1.49. The van der Waals surface area contributed by atoms with E-state index < -0.39 is 23.1 Å². The van der Waals surface area contributed by atoms with Gasteiger partial charge >= 0.3 is 11.7 Å². The van der Waals surface area contributed by atoms with Gasteiger partial charge in [0.1, 0.15) is 5.69 Å². The van der Waals surface area contributed by atoms with Gasteiger partial charge in [-0.3, -0.25) is 14.6 Å². The van der Waals surface area contributed by atoms with Crippen LogP contribution < -0.4 is 21.9 Å². The summed E-state index contributed by atoms with van der Waals surface area (Å²) in [4.78, 5) is 48.3. The van der Waals surface area contributed by atoms with Crippen LogP contribution >= 0.6 is 0 Å². The number of rotatable bonds is 5. The van der Waals surface area contributed by atoms with Gasteiger partial charge in [0.2, 0.25) is 5.82 Å². The molecule has 9 nitrogen and oxygen atoms in total. The lowest BCUT2D eigenvalue weighted by molar-refractivity contribution is 0.0945. The number of halogens is 1. The van der Waals surface area contributed by atoms with E-state index in [4.69, 9.17) is 0 Å². The summed E-state index contributed by atoms with van der Waals surface area (Å²) in [5, 5.41) is 6.13. The Hall–Kier alpha value is -3.69. The molecule has 0 saturated heterocycles. The molecule has 0 aliphatic carbocycles. The molecule has 0 bridgehead atoms. The molecule has 3 aromatic rings. The van der Waals surface area contributed by atoms with E-state index in [9.17, 15) is 23.6 Å². The van der Waals surface area contributed by atoms with E-state index in [1.165, 1.54) is 0 Å². The number of aromatic nitrogens is 3. The average molecular weight is 387 g/mol. The Morgan fingerprint density at radius 1 is 1.14 bits per heavy atom. The molecule has 3 N–H and O–H groups in total. The monoisotopic (exact) mass is 387 g/mol. The van der Waals surface area contributed by atoms with Crippen molar-refractivity contribution in [3.05, 3.63) is 68.9 Å². The number of para-hydroxylation sites is 1. The van der Waals surface area contributed by atoms with Gasteiger partial charge in [-0.05, 0) is 18.6 Å². The highest BCUT2D eigenvalue weighted by atomic mass is 19.1. The third-order valence-corrected chi connectivity index (χ3v) is 4.22. The van der Waals surface area contributed by atoms with Gasteiger partial charge in [0.05, 0.1) is 6.20 Å². The van der Waals surface area contributed by atoms with Gasteiger partial charge in [-0.15, -0.1) is 0 Å². The van der Waals surface area contributed by atoms with Crippen molar-refractivity contribution in [3.63, 3.8) is 0 Å². The van der Waals surface area contributed by atoms with Crippen LogP contribution in [0.25, 0.3) is 10.9 Å². The fourth-order valence-corrected chi connectivity index (χ4v) is 2.77. The van der Waals surface area contributed by atoms with Crippen molar-refractivity contribution in [2.45, 2.75) is 6.42 Å². The normalized spacial score (nSPS) is 10.8. The SMILES string of the molecule is Cn1c(C(=O)NCCCNC(=O)n2cc(F)c(=O)[nH]c2=O)cc2ccccc21. The van der Waals surface area contributed by atoms with Crippen molar-refractivity contribution in [3.8, 4) is 0 Å². The maximum Gasteiger partial charge on any atom is 0.336 e. The highest BCUT2D eigenvalue weighted by molar-refractivity contribution is 5.98. The van der Waals surface area contributed by atoms with Crippen LogP contribution in [0.2, 0.25) is 0 Å². The Balaban J connectivity index is 1.50. The number of aryl methyl sites for hydroxylation is 1. The number of H-pyrrole nitrogens is 1. The van der Waals surface area contributed by atoms with E-state index in [0.29, 0.717) is 22.9 Å². The number of carbonyl (C=O) groups is 2. The predicted molar refractivity (Wildman–Crippen MR) is 99.9 cm³/mol. The van der Waals surface area contributed by atoms with Gasteiger partial charge in [-0.2, -0.15) is 4.39 Å². The first-order chi connectivity index (χ1) is 13.4. The molecule has 146 valence electrons. The van der Waals surface area contributed by atoms with E-state index >= 15 is 0 Å². The molecule has 0 aliphatic heterocycles. The topological polar surface area (TPSA) is 118 Å². The number of amides is 2. The van der Waals surface area contributed by atoms with Crippen molar-refractivity contribution >= 4 is 22.8 Å². The molecule has 0 spiro atoms. The van der Waals surface area contributed by atoms with E-state index in [-0.39, 0.29) is 19.0 Å². The number of nitrogens with zero attached hydrogens (tertiary/aromatic N) is 2. The zero-order valence-electron chi connectivity index (χ0n) is 15.0. The molecule has 3 rings (SSSR count). The minimum atomic E-state index is -1.24. The molecular formula is C18H18FN5O4. The third-order valence-electron chi connectivity index (χ3n) is 4.22. The molecule has 1 aromatic carbocycles. The van der Waals surface area contributed by atoms with Crippen molar-refractivity contribution in [2.75, 3.05) is 13.1 Å². The predicted octanol–water partition coefficient (Wildman–Crippen LogP) is 0.545. The highest BCUT2D eigenvalue weighted by Gasteiger charge is 2.13. The average Bonchev–Trinajstić information content (AvgIpc) is 3.01. The smallest absolute Gasteiger partial charge is 0.336 e. The van der Waals surface area contributed by atoms with Crippen LogP contribution in [0.15, 0.2) is 46.1 Å². The molecule has 0 fully saturated rings. The standard InChI is InChI=1S/C18H18FN5O4/c1-23-13-6-3-2-5-11(13)9-14(23)16(26)20-7-4-8-21-17(27)24-10-12(19)15(25)22-18(24)28/h2-3,5-6,9-10H,4,7-8H2,1H3,(H,20,26)(H,21,27)(H,22,25,28). The Labute approximate surface area is 157 Å². The third kappa shape index (κ3) is 3.85. The molecule has 0 radical (unpaired) electrons. The maximum atomic E-state index is 13.2. The minimum Gasteiger partial charge on any atom is -0.351 e. The fraction of sp³-hybridized carbons (Fsp3) is 0.222. The van der Waals surface area contributed by atoms with Crippen LogP contribution in [0, 0.1) is 5.82 Å². The molecule has 2 amide bonds. The van der Waals surface area contributed by atoms with E-state index in [1.807, 2.05) is 24.3 Å². The first-order valence-electron chi connectivity index (χ1n) is 8.51. The van der Waals surface area contributed by atoms with Crippen LogP contribution in [0.1, 0.15) is 16.9 Å². The Morgan fingerprint density at radius 3 is 2.61 bits per heavy atom. The van der Waals surface area contributed by atoms with Crippen molar-refractivity contribution in [1.29, 1.82) is 0 Å². The Bertz CT molecular complexity index is 1160. The fourth-order valence-electron chi connectivity index (χ4n) is 2.77. The lowest BCUT2D eigenvalue weighted by atomic mass is 10.2. The van der Waals surface area contributed by atoms with Crippen LogP contribution in [0.5, 0.6) is 0 Å². The van der Waals surface area contributed by atoms with Crippen molar-refractivity contribution in [2.24, 2.45) is 7.05 Å². The summed E-state index contributed by atoms with van der Waals surface area (Å²) < 4.78 is 15.4. The number of hydrogen-bond donors (Lipinski definition) is 3. The molecule has 0 aliphatic rings. The summed E-state index contributed by atoms with van der Waals surface area (Å²) in [5.41, 5.74) is -0.767. The first-order valence-corrected chi connectivity index (χ1v) is 8.51. The second-order valence-electron chi connectivity index (χ2n) is 6.10. The first kappa shape index (κ1) is 19.1. The van der Waals surface area contributed by atoms with Crippen LogP contribution in [0.4, 0.5) is 9.18 Å². The summed E-state index contributed by atoms with van der Waals surface area (Å²) in [6.07, 6.45) is 0.917. The van der Waals surface area contributed by atoms with Gasteiger partial charge in [-0.1, -0.05) is 18.2 Å². The quantitative estimate of drug-likeness (QED) is 0.554. The molecule has 0 saturated carbocycles. The lowest BCUT2D eigenvalue weighted by Crippen LogP contribution is -2.41. The van der Waals surface area contributed by atoms with Crippen LogP contribution in [-0.2, 0) is 7.05 Å². The molecule has 0 unspecified atom stereocenters. The molecule has 28 heavy (non-hydrogen) atoms. The second kappa shape index (κ2) is 7.91. The van der Waals surface area contributed by atoms with Crippen molar-refractivity contribution < 1.29 is 14.0 Å². The summed E-state index contributed by atoms with van der Waals surface area (Å²) in [7, 11) is 1.80. The largest absolute Gasteiger partial charge is 0.351 e. The number of carbonyl (C=O) groups excluding carboxylic acids is 2. The number of hydrogen-bond acceptors (Lipinski definition) is 4. The molecule has 2 aromatic heterocycles. The number of benzene rings is 1. The Morgan fingerprint density at radius 2 is 1.86 bits per heavy atom. The second-order valence-corrected chi connectivity index (χ2v) is 6.10. The zero-order valence-corrected chi connectivity index (χ0v) is 15.0. The zero-order chi connectivity index (χ0) is 20.3. The summed E-state index contributed by atoms with van der Waals surface area (Å²) >= 11 is 0. The maximum absolute atomic E-state index is 13.2. The number of nitrogens with one attached hydrogen (secondary N) is 3. The van der Waals surface area contributed by atoms with E-state index in [1.54, 1.807) is 22.7 Å². The number of fused-ring (bicyclic) bond motifs is 1. The number of aromatic amines is 1. The summed E-state index contributed by atoms with van der Waals surface area (Å²) in [6, 6.07) is 8.55. The summed E-state index contributed by atoms with van der Waals surface area (Å²) in [6.45, 7) is 0.428. The van der Waals surface area contributed by atoms with Crippen LogP contribution in [0.3, 0.4) is 0 Å². The molecule has 2 heterocycles. The Kier molecular flexibility index (Phi) is 5.39. The van der Waals surface area contributed by atoms with E-state index in [0.717, 1.165) is 10.9 Å². The van der Waals surface area contributed by atoms with Gasteiger partial charge in [0, 0.05) is 31.0 Å². The highest BCUT2D eigenvalue weighted by Crippen LogP contribution is 2.17. The van der Waals surface area contributed by atoms with Gasteiger partial charge in [0.15, 0.2) is 0 Å². The van der Waals surface area contributed by atoms with Gasteiger partial charge in [0.25, 0.3) is 11.5 Å². The minimum absolute atomic E-state index is 0.140. The molecule has 10 heteroatoms. The molecule has 0 atom stereocenters. The van der Waals surface area contributed by atoms with Gasteiger partial charge in [-0.25, -0.2) is 14.2 Å². The van der Waals surface area contributed by atoms with E-state index in [2.05, 4.69) is 10.6 Å².